The van der Waals surface area contributed by atoms with E-state index in [1.54, 1.807) is 45.0 Å². The molecule has 1 aliphatic carbocycles. The summed E-state index contributed by atoms with van der Waals surface area (Å²) < 4.78 is 26.4. The van der Waals surface area contributed by atoms with Gasteiger partial charge in [-0.3, -0.25) is 9.59 Å². The number of sulfonamides is 1. The van der Waals surface area contributed by atoms with E-state index in [0.717, 1.165) is 0 Å². The molecule has 1 aromatic carbocycles. The highest BCUT2D eigenvalue weighted by atomic mass is 32.2. The third kappa shape index (κ3) is 5.14. The van der Waals surface area contributed by atoms with Crippen LogP contribution in [0.1, 0.15) is 63.7 Å². The summed E-state index contributed by atoms with van der Waals surface area (Å²) in [6.07, 6.45) is 2.55. The fourth-order valence-corrected chi connectivity index (χ4v) is 3.96. The molecule has 7 heteroatoms. The molecule has 1 fully saturated rings. The van der Waals surface area contributed by atoms with E-state index in [-0.39, 0.29) is 23.7 Å². The van der Waals surface area contributed by atoms with Gasteiger partial charge in [0.15, 0.2) is 5.78 Å². The molecule has 6 nitrogen and oxygen atoms in total. The highest BCUT2D eigenvalue weighted by Crippen LogP contribution is 2.27. The van der Waals surface area contributed by atoms with Crippen molar-refractivity contribution in [1.82, 2.24) is 4.72 Å². The molecule has 2 rings (SSSR count). The van der Waals surface area contributed by atoms with Crippen molar-refractivity contribution in [2.45, 2.75) is 64.2 Å². The number of anilines is 1. The van der Waals surface area contributed by atoms with Crippen LogP contribution >= 0.6 is 0 Å². The highest BCUT2D eigenvalue weighted by molar-refractivity contribution is 7.90. The number of hydrogen-bond donors (Lipinski definition) is 2. The summed E-state index contributed by atoms with van der Waals surface area (Å²) in [5.41, 5.74) is 1.17. The predicted octanol–water partition coefficient (Wildman–Crippen LogP) is 3.10. The van der Waals surface area contributed by atoms with Gasteiger partial charge in [-0.2, -0.15) is 0 Å². The fourth-order valence-electron chi connectivity index (χ4n) is 2.93. The Balaban J connectivity index is 1.91. The summed E-state index contributed by atoms with van der Waals surface area (Å²) in [6.45, 7) is 6.50. The van der Waals surface area contributed by atoms with Crippen molar-refractivity contribution in [3.8, 4) is 0 Å². The van der Waals surface area contributed by atoms with E-state index >= 15 is 0 Å². The molecular formula is C19H28N2O4S. The van der Waals surface area contributed by atoms with Crippen LogP contribution in [-0.2, 0) is 14.8 Å². The summed E-state index contributed by atoms with van der Waals surface area (Å²) in [7, 11) is -3.38. The first-order valence-corrected chi connectivity index (χ1v) is 10.4. The Morgan fingerprint density at radius 3 is 2.23 bits per heavy atom. The number of amides is 1. The molecule has 1 aromatic rings. The predicted molar refractivity (Wildman–Crippen MR) is 103 cm³/mol. The fraction of sp³-hybridized carbons (Fsp3) is 0.579. The molecule has 144 valence electrons. The molecule has 0 heterocycles. The zero-order chi connectivity index (χ0) is 19.5. The number of rotatable bonds is 5. The van der Waals surface area contributed by atoms with Crippen LogP contribution in [0.15, 0.2) is 24.3 Å². The number of ketones is 1. The topological polar surface area (TPSA) is 92.3 Å². The SMILES string of the molecule is CC(=O)c1cccc(NC(=O)C2CCC(NS(=O)(=O)C(C)(C)C)CC2)c1. The van der Waals surface area contributed by atoms with E-state index < -0.39 is 14.8 Å². The zero-order valence-electron chi connectivity index (χ0n) is 15.8. The summed E-state index contributed by atoms with van der Waals surface area (Å²) in [5.74, 6) is -0.276. The van der Waals surface area contributed by atoms with Crippen molar-refractivity contribution in [3.63, 3.8) is 0 Å². The maximum atomic E-state index is 12.5. The molecule has 1 amide bonds. The molecule has 2 N–H and O–H groups in total. The zero-order valence-corrected chi connectivity index (χ0v) is 16.7. The molecule has 0 bridgehead atoms. The first-order valence-electron chi connectivity index (χ1n) is 8.93. The van der Waals surface area contributed by atoms with Crippen molar-refractivity contribution >= 4 is 27.4 Å². The van der Waals surface area contributed by atoms with Crippen LogP contribution in [0.2, 0.25) is 0 Å². The van der Waals surface area contributed by atoms with Crippen LogP contribution < -0.4 is 10.0 Å². The normalized spacial score (nSPS) is 21.2. The highest BCUT2D eigenvalue weighted by Gasteiger charge is 2.34. The number of carbonyl (C=O) groups excluding carboxylic acids is 2. The van der Waals surface area contributed by atoms with Crippen molar-refractivity contribution in [2.24, 2.45) is 5.92 Å². The van der Waals surface area contributed by atoms with E-state index in [2.05, 4.69) is 10.0 Å². The Labute approximate surface area is 155 Å². The molecular weight excluding hydrogens is 352 g/mol. The van der Waals surface area contributed by atoms with E-state index in [1.807, 2.05) is 0 Å². The van der Waals surface area contributed by atoms with Crippen molar-refractivity contribution in [3.05, 3.63) is 29.8 Å². The Kier molecular flexibility index (Phi) is 6.24. The lowest BCUT2D eigenvalue weighted by Gasteiger charge is -2.30. The van der Waals surface area contributed by atoms with Gasteiger partial charge in [0, 0.05) is 23.2 Å². The number of Topliss-reactive ketones (excluding diaryl/α,β-unsaturated/α-hetero) is 1. The first-order chi connectivity index (χ1) is 12.0. The van der Waals surface area contributed by atoms with Gasteiger partial charge in [-0.25, -0.2) is 13.1 Å². The van der Waals surface area contributed by atoms with E-state index in [1.165, 1.54) is 6.92 Å². The maximum Gasteiger partial charge on any atom is 0.227 e. The second-order valence-electron chi connectivity index (χ2n) is 7.91. The summed E-state index contributed by atoms with van der Waals surface area (Å²) in [5, 5.41) is 2.86. The average Bonchev–Trinajstić information content (AvgIpc) is 2.54. The number of nitrogens with one attached hydrogen (secondary N) is 2. The van der Waals surface area contributed by atoms with Crippen LogP contribution in [0, 0.1) is 5.92 Å². The minimum absolute atomic E-state index is 0.0484. The Bertz CT molecular complexity index is 773. The van der Waals surface area contributed by atoms with E-state index in [0.29, 0.717) is 36.9 Å². The third-order valence-corrected chi connectivity index (χ3v) is 7.02. The first kappa shape index (κ1) is 20.6. The quantitative estimate of drug-likeness (QED) is 0.768. The Hall–Kier alpha value is -1.73. The smallest absolute Gasteiger partial charge is 0.227 e. The molecule has 1 saturated carbocycles. The molecule has 0 spiro atoms. The number of benzene rings is 1. The lowest BCUT2D eigenvalue weighted by molar-refractivity contribution is -0.120. The summed E-state index contributed by atoms with van der Waals surface area (Å²) >= 11 is 0. The number of hydrogen-bond acceptors (Lipinski definition) is 4. The monoisotopic (exact) mass is 380 g/mol. The lowest BCUT2D eigenvalue weighted by atomic mass is 9.86. The van der Waals surface area contributed by atoms with Crippen molar-refractivity contribution in [1.29, 1.82) is 0 Å². The molecule has 26 heavy (non-hydrogen) atoms. The van der Waals surface area contributed by atoms with Crippen LogP contribution in [0.5, 0.6) is 0 Å². The van der Waals surface area contributed by atoms with Crippen LogP contribution in [0.25, 0.3) is 0 Å². The third-order valence-electron chi connectivity index (χ3n) is 4.76. The van der Waals surface area contributed by atoms with Gasteiger partial charge in [-0.05, 0) is 65.5 Å². The van der Waals surface area contributed by atoms with Crippen LogP contribution in [0.4, 0.5) is 5.69 Å². The van der Waals surface area contributed by atoms with Gasteiger partial charge in [0.25, 0.3) is 0 Å². The molecule has 0 unspecified atom stereocenters. The Morgan fingerprint density at radius 1 is 1.08 bits per heavy atom. The van der Waals surface area contributed by atoms with Crippen molar-refractivity contribution in [2.75, 3.05) is 5.32 Å². The molecule has 0 saturated heterocycles. The van der Waals surface area contributed by atoms with Gasteiger partial charge in [-0.15, -0.1) is 0 Å². The second-order valence-corrected chi connectivity index (χ2v) is 10.4. The molecule has 0 aliphatic heterocycles. The lowest BCUT2D eigenvalue weighted by Crippen LogP contribution is -2.46. The largest absolute Gasteiger partial charge is 0.326 e. The second kappa shape index (κ2) is 7.88. The van der Waals surface area contributed by atoms with Gasteiger partial charge in [0.2, 0.25) is 15.9 Å². The minimum Gasteiger partial charge on any atom is -0.326 e. The van der Waals surface area contributed by atoms with Gasteiger partial charge in [-0.1, -0.05) is 12.1 Å². The molecule has 0 atom stereocenters. The Morgan fingerprint density at radius 2 is 1.69 bits per heavy atom. The van der Waals surface area contributed by atoms with E-state index in [9.17, 15) is 18.0 Å². The summed E-state index contributed by atoms with van der Waals surface area (Å²) in [6, 6.07) is 6.76. The standard InChI is InChI=1S/C19H28N2O4S/c1-13(22)15-6-5-7-17(12-15)20-18(23)14-8-10-16(11-9-14)21-26(24,25)19(2,3)4/h5-7,12,14,16,21H,8-11H2,1-4H3,(H,20,23). The van der Waals surface area contributed by atoms with Gasteiger partial charge >= 0.3 is 0 Å². The molecule has 1 aliphatic rings. The van der Waals surface area contributed by atoms with Crippen LogP contribution in [0.3, 0.4) is 0 Å². The van der Waals surface area contributed by atoms with Gasteiger partial charge in [0.1, 0.15) is 0 Å². The number of carbonyl (C=O) groups is 2. The van der Waals surface area contributed by atoms with Crippen LogP contribution in [-0.4, -0.2) is 30.9 Å². The van der Waals surface area contributed by atoms with E-state index in [4.69, 9.17) is 0 Å². The minimum atomic E-state index is -3.38. The molecule has 0 aromatic heterocycles. The molecule has 0 radical (unpaired) electrons. The van der Waals surface area contributed by atoms with Gasteiger partial charge in [0.05, 0.1) is 4.75 Å². The summed E-state index contributed by atoms with van der Waals surface area (Å²) in [4.78, 5) is 23.9. The average molecular weight is 381 g/mol. The maximum absolute atomic E-state index is 12.5. The van der Waals surface area contributed by atoms with Crippen molar-refractivity contribution < 1.29 is 18.0 Å². The van der Waals surface area contributed by atoms with Gasteiger partial charge < -0.3 is 5.32 Å².